The summed E-state index contributed by atoms with van der Waals surface area (Å²) < 4.78 is 53.7. The molecule has 1 saturated carbocycles. The topological polar surface area (TPSA) is 108 Å². The zero-order chi connectivity index (χ0) is 24.2. The van der Waals surface area contributed by atoms with Crippen LogP contribution in [-0.2, 0) is 4.79 Å². The van der Waals surface area contributed by atoms with Gasteiger partial charge in [-0.2, -0.15) is 17.6 Å². The summed E-state index contributed by atoms with van der Waals surface area (Å²) in [4.78, 5) is 22.4. The van der Waals surface area contributed by atoms with Crippen molar-refractivity contribution in [1.29, 1.82) is 0 Å². The number of hydrogen-bond acceptors (Lipinski definition) is 7. The Labute approximate surface area is 190 Å². The number of rotatable bonds is 8. The van der Waals surface area contributed by atoms with Gasteiger partial charge in [-0.05, 0) is 44.6 Å². The third kappa shape index (κ3) is 6.89. The lowest BCUT2D eigenvalue weighted by molar-refractivity contribution is -0.183. The van der Waals surface area contributed by atoms with Gasteiger partial charge in [0.05, 0.1) is 18.6 Å². The fourth-order valence-electron chi connectivity index (χ4n) is 4.77. The molecule has 0 bridgehead atoms. The summed E-state index contributed by atoms with van der Waals surface area (Å²) >= 11 is 0. The first-order valence-electron chi connectivity index (χ1n) is 11.3. The van der Waals surface area contributed by atoms with Crippen LogP contribution < -0.4 is 16.0 Å². The molecule has 1 saturated heterocycles. The fraction of sp³-hybridized carbons (Fsp3) is 0.762. The predicted octanol–water partition coefficient (Wildman–Crippen LogP) is 2.00. The zero-order valence-corrected chi connectivity index (χ0v) is 18.7. The molecule has 1 aliphatic carbocycles. The largest absolute Gasteiger partial charge is 0.391 e. The summed E-state index contributed by atoms with van der Waals surface area (Å²) in [6.45, 7) is 1.71. The molecule has 12 heteroatoms. The van der Waals surface area contributed by atoms with E-state index in [0.717, 1.165) is 0 Å². The van der Waals surface area contributed by atoms with E-state index in [1.54, 1.807) is 16.8 Å². The minimum atomic E-state index is -4.15. The Morgan fingerprint density at radius 2 is 1.97 bits per heavy atom. The number of carbonyl (C=O) groups excluding carboxylic acids is 1. The summed E-state index contributed by atoms with van der Waals surface area (Å²) in [5.41, 5.74) is 5.20. The number of anilines is 2. The van der Waals surface area contributed by atoms with Gasteiger partial charge < -0.3 is 21.1 Å². The van der Waals surface area contributed by atoms with Crippen LogP contribution in [0.1, 0.15) is 32.1 Å². The number of alkyl halides is 3. The maximum atomic E-state index is 15.1. The molecule has 3 rings (SSSR count). The lowest BCUT2D eigenvalue weighted by Crippen LogP contribution is -2.48. The zero-order valence-electron chi connectivity index (χ0n) is 18.7. The number of nitrogens with two attached hydrogens (primary N) is 1. The second-order valence-corrected chi connectivity index (χ2v) is 9.20. The number of piperidine rings is 1. The Morgan fingerprint density at radius 1 is 1.27 bits per heavy atom. The third-order valence-corrected chi connectivity index (χ3v) is 6.69. The minimum absolute atomic E-state index is 0.0133. The van der Waals surface area contributed by atoms with Crippen molar-refractivity contribution in [3.8, 4) is 0 Å². The van der Waals surface area contributed by atoms with E-state index in [2.05, 4.69) is 15.3 Å². The molecule has 4 N–H and O–H groups in total. The van der Waals surface area contributed by atoms with E-state index >= 15 is 4.39 Å². The van der Waals surface area contributed by atoms with E-state index in [1.165, 1.54) is 6.33 Å². The van der Waals surface area contributed by atoms with Gasteiger partial charge in [-0.15, -0.1) is 0 Å². The summed E-state index contributed by atoms with van der Waals surface area (Å²) in [6.07, 6.45) is -1.90. The van der Waals surface area contributed by atoms with Gasteiger partial charge in [0.15, 0.2) is 11.6 Å². The van der Waals surface area contributed by atoms with E-state index in [1.807, 2.05) is 0 Å². The summed E-state index contributed by atoms with van der Waals surface area (Å²) in [5.74, 6) is -2.34. The molecule has 0 radical (unpaired) electrons. The number of nitrogens with zero attached hydrogens (tertiary/aromatic N) is 4. The first kappa shape index (κ1) is 25.4. The maximum absolute atomic E-state index is 15.1. The van der Waals surface area contributed by atoms with Gasteiger partial charge in [-0.25, -0.2) is 9.97 Å². The molecule has 0 aromatic carbocycles. The van der Waals surface area contributed by atoms with Crippen LogP contribution in [0, 0.1) is 23.6 Å². The Kier molecular flexibility index (Phi) is 8.33. The standard InChI is InChI=1S/C21H32F4N6O2/c1-30(9-13-2-4-15(5-3-13)21(23,24)25)20-18(22)19(28-12-29-20)27-8-14-6-7-31(10-16(14)32)11-17(26)33/h12-16,32H,2-11H2,1H3,(H2,26,33)(H,27,28,29). The average molecular weight is 477 g/mol. The lowest BCUT2D eigenvalue weighted by Gasteiger charge is -2.35. The van der Waals surface area contributed by atoms with E-state index in [4.69, 9.17) is 5.73 Å². The first-order valence-corrected chi connectivity index (χ1v) is 11.3. The van der Waals surface area contributed by atoms with Gasteiger partial charge in [0.25, 0.3) is 0 Å². The number of aliphatic hydroxyl groups excluding tert-OH is 1. The molecular weight excluding hydrogens is 444 g/mol. The van der Waals surface area contributed by atoms with E-state index < -0.39 is 29.9 Å². The number of nitrogens with one attached hydrogen (secondary N) is 1. The van der Waals surface area contributed by atoms with Gasteiger partial charge in [0.1, 0.15) is 6.33 Å². The highest BCUT2D eigenvalue weighted by Gasteiger charge is 2.41. The first-order chi connectivity index (χ1) is 15.5. The summed E-state index contributed by atoms with van der Waals surface area (Å²) in [6, 6.07) is 0. The van der Waals surface area contributed by atoms with Crippen LogP contribution in [0.2, 0.25) is 0 Å². The number of aromatic nitrogens is 2. The molecule has 2 atom stereocenters. The molecule has 1 aromatic heterocycles. The third-order valence-electron chi connectivity index (χ3n) is 6.69. The van der Waals surface area contributed by atoms with E-state index in [-0.39, 0.29) is 42.9 Å². The number of β-amino-alcohol motifs (C(OH)–C–C–N with tert-alkyl or cyclic N) is 1. The SMILES string of the molecule is CN(CC1CCC(C(F)(F)F)CC1)c1ncnc(NCC2CCN(CC(N)=O)CC2O)c1F. The number of likely N-dealkylation sites (tertiary alicyclic amines) is 1. The average Bonchev–Trinajstić information content (AvgIpc) is 2.73. The molecule has 1 aliphatic heterocycles. The van der Waals surface area contributed by atoms with Crippen LogP contribution >= 0.6 is 0 Å². The molecule has 2 unspecified atom stereocenters. The monoisotopic (exact) mass is 476 g/mol. The van der Waals surface area contributed by atoms with Crippen molar-refractivity contribution in [1.82, 2.24) is 14.9 Å². The number of amides is 1. The van der Waals surface area contributed by atoms with Crippen molar-refractivity contribution in [3.63, 3.8) is 0 Å². The summed E-state index contributed by atoms with van der Waals surface area (Å²) in [7, 11) is 1.67. The van der Waals surface area contributed by atoms with Crippen molar-refractivity contribution >= 4 is 17.5 Å². The second kappa shape index (κ2) is 10.8. The van der Waals surface area contributed by atoms with Crippen molar-refractivity contribution in [2.75, 3.05) is 50.0 Å². The fourth-order valence-corrected chi connectivity index (χ4v) is 4.77. The number of aliphatic hydroxyl groups is 1. The van der Waals surface area contributed by atoms with Crippen molar-refractivity contribution in [2.24, 2.45) is 23.5 Å². The molecule has 186 valence electrons. The van der Waals surface area contributed by atoms with Gasteiger partial charge in [-0.1, -0.05) is 0 Å². The van der Waals surface area contributed by atoms with Crippen molar-refractivity contribution < 1.29 is 27.5 Å². The van der Waals surface area contributed by atoms with E-state index in [0.29, 0.717) is 45.4 Å². The number of hydrogen-bond donors (Lipinski definition) is 3. The maximum Gasteiger partial charge on any atom is 0.391 e. The quantitative estimate of drug-likeness (QED) is 0.493. The van der Waals surface area contributed by atoms with Gasteiger partial charge in [-0.3, -0.25) is 9.69 Å². The molecule has 2 fully saturated rings. The van der Waals surface area contributed by atoms with Gasteiger partial charge in [0.2, 0.25) is 11.7 Å². The van der Waals surface area contributed by atoms with Crippen LogP contribution in [0.5, 0.6) is 0 Å². The minimum Gasteiger partial charge on any atom is -0.391 e. The lowest BCUT2D eigenvalue weighted by atomic mass is 9.81. The van der Waals surface area contributed by atoms with Crippen LogP contribution in [-0.4, -0.2) is 77.9 Å². The van der Waals surface area contributed by atoms with Gasteiger partial charge in [0, 0.05) is 32.6 Å². The van der Waals surface area contributed by atoms with Crippen molar-refractivity contribution in [2.45, 2.75) is 44.4 Å². The molecule has 33 heavy (non-hydrogen) atoms. The van der Waals surface area contributed by atoms with Crippen LogP contribution in [0.15, 0.2) is 6.33 Å². The number of halogens is 4. The summed E-state index contributed by atoms with van der Waals surface area (Å²) in [5, 5.41) is 13.3. The Hall–Kier alpha value is -2.21. The molecule has 2 heterocycles. The van der Waals surface area contributed by atoms with Gasteiger partial charge >= 0.3 is 6.18 Å². The molecule has 1 amide bonds. The second-order valence-electron chi connectivity index (χ2n) is 9.20. The molecule has 2 aliphatic rings. The van der Waals surface area contributed by atoms with Crippen LogP contribution in [0.4, 0.5) is 29.2 Å². The highest BCUT2D eigenvalue weighted by molar-refractivity contribution is 5.75. The smallest absolute Gasteiger partial charge is 0.391 e. The highest BCUT2D eigenvalue weighted by atomic mass is 19.4. The van der Waals surface area contributed by atoms with E-state index in [9.17, 15) is 23.1 Å². The molecular formula is C21H32F4N6O2. The van der Waals surface area contributed by atoms with Crippen molar-refractivity contribution in [3.05, 3.63) is 12.1 Å². The predicted molar refractivity (Wildman–Crippen MR) is 115 cm³/mol. The normalized spacial score (nSPS) is 26.7. The Morgan fingerprint density at radius 3 is 2.58 bits per heavy atom. The number of carbonyl (C=O) groups is 1. The molecule has 0 spiro atoms. The number of primary amides is 1. The van der Waals surface area contributed by atoms with Crippen LogP contribution in [0.3, 0.4) is 0 Å². The van der Waals surface area contributed by atoms with Crippen LogP contribution in [0.25, 0.3) is 0 Å². The molecule has 1 aromatic rings. The molecule has 8 nitrogen and oxygen atoms in total. The Balaban J connectivity index is 1.52. The highest BCUT2D eigenvalue weighted by Crippen LogP contribution is 2.40. The Bertz CT molecular complexity index is 803.